The van der Waals surface area contributed by atoms with Gasteiger partial charge in [0.15, 0.2) is 0 Å². The Morgan fingerprint density at radius 3 is 2.26 bits per heavy atom. The molecule has 0 saturated carbocycles. The van der Waals surface area contributed by atoms with Crippen LogP contribution in [0.25, 0.3) is 0 Å². The highest BCUT2D eigenvalue weighted by molar-refractivity contribution is 7.41. The van der Waals surface area contributed by atoms with E-state index in [1.807, 2.05) is 0 Å². The molecule has 0 aromatic carbocycles. The molecule has 3 saturated heterocycles. The number of ether oxygens (including phenoxy) is 3. The maximum Gasteiger partial charge on any atom is 0.333 e. The monoisotopic (exact) mass is 461 g/mol. The minimum atomic E-state index is -1.54. The number of methoxy groups -OCH3 is 1. The van der Waals surface area contributed by atoms with Crippen LogP contribution in [0.1, 0.15) is 67.2 Å². The average Bonchev–Trinajstić information content (AvgIpc) is 3.45. The van der Waals surface area contributed by atoms with E-state index in [4.69, 9.17) is 27.8 Å². The van der Waals surface area contributed by atoms with Gasteiger partial charge in [-0.25, -0.2) is 0 Å². The Hall–Kier alpha value is 0.150. The minimum Gasteiger partial charge on any atom is -0.378 e. The van der Waals surface area contributed by atoms with Gasteiger partial charge in [-0.1, -0.05) is 27.7 Å². The number of rotatable bonds is 11. The van der Waals surface area contributed by atoms with Crippen molar-refractivity contribution >= 4 is 8.60 Å². The van der Waals surface area contributed by atoms with E-state index in [1.165, 1.54) is 6.42 Å². The molecule has 11 atom stereocenters. The van der Waals surface area contributed by atoms with Crippen molar-refractivity contribution in [1.82, 2.24) is 5.32 Å². The van der Waals surface area contributed by atoms with Crippen molar-refractivity contribution in [2.75, 3.05) is 20.3 Å². The predicted molar refractivity (Wildman–Crippen MR) is 122 cm³/mol. The largest absolute Gasteiger partial charge is 0.378 e. The zero-order valence-corrected chi connectivity index (χ0v) is 21.3. The summed E-state index contributed by atoms with van der Waals surface area (Å²) in [6.07, 6.45) is 4.48. The molecular formula is C23H44NO6P. The van der Waals surface area contributed by atoms with Crippen LogP contribution in [-0.4, -0.2) is 69.0 Å². The third-order valence-electron chi connectivity index (χ3n) is 7.43. The summed E-state index contributed by atoms with van der Waals surface area (Å²) < 4.78 is 37.3. The van der Waals surface area contributed by atoms with E-state index in [0.29, 0.717) is 24.5 Å². The van der Waals surface area contributed by atoms with E-state index >= 15 is 0 Å². The number of hydrogen-bond donors (Lipinski definition) is 1. The summed E-state index contributed by atoms with van der Waals surface area (Å²) in [4.78, 5) is 0. The van der Waals surface area contributed by atoms with Gasteiger partial charge in [-0.3, -0.25) is 0 Å². The molecule has 3 rings (SSSR count). The molecule has 3 aliphatic rings. The van der Waals surface area contributed by atoms with Crippen molar-refractivity contribution in [2.45, 2.75) is 116 Å². The Labute approximate surface area is 190 Å². The quantitative estimate of drug-likeness (QED) is 0.457. The molecule has 0 radical (unpaired) electrons. The maximum atomic E-state index is 6.54. The summed E-state index contributed by atoms with van der Waals surface area (Å²) in [5.41, 5.74) is 0. The lowest BCUT2D eigenvalue weighted by molar-refractivity contribution is -0.0377. The van der Waals surface area contributed by atoms with Crippen molar-refractivity contribution < 1.29 is 27.8 Å². The van der Waals surface area contributed by atoms with E-state index in [1.54, 1.807) is 7.11 Å². The molecule has 3 aliphatic heterocycles. The molecule has 0 spiro atoms. The van der Waals surface area contributed by atoms with Gasteiger partial charge in [0.1, 0.15) is 6.10 Å². The Bertz CT molecular complexity index is 536. The summed E-state index contributed by atoms with van der Waals surface area (Å²) in [7, 11) is 0.210. The van der Waals surface area contributed by atoms with Gasteiger partial charge in [-0.15, -0.1) is 0 Å². The van der Waals surface area contributed by atoms with Crippen LogP contribution in [0.5, 0.6) is 0 Å². The van der Waals surface area contributed by atoms with Gasteiger partial charge in [0, 0.05) is 25.0 Å². The maximum absolute atomic E-state index is 6.54. The van der Waals surface area contributed by atoms with E-state index in [-0.39, 0.29) is 42.7 Å². The SMILES string of the molecule is CC[C@@H](O[P@](OC[C@H]1O[C@@H](C)[C@@H](C)C1OC)OC1[C@@H](CC)O[C@@H](C)[C@H]1C)C1CCCN1. The highest BCUT2D eigenvalue weighted by Crippen LogP contribution is 2.48. The van der Waals surface area contributed by atoms with Crippen LogP contribution >= 0.6 is 8.60 Å². The predicted octanol–water partition coefficient (Wildman–Crippen LogP) is 4.43. The first-order valence-electron chi connectivity index (χ1n) is 12.2. The van der Waals surface area contributed by atoms with Gasteiger partial charge in [0.2, 0.25) is 0 Å². The lowest BCUT2D eigenvalue weighted by Gasteiger charge is -2.31. The first-order chi connectivity index (χ1) is 14.9. The molecule has 3 heterocycles. The van der Waals surface area contributed by atoms with Gasteiger partial charge in [-0.05, 0) is 46.1 Å². The van der Waals surface area contributed by atoms with Crippen molar-refractivity contribution in [1.29, 1.82) is 0 Å². The van der Waals surface area contributed by atoms with E-state index in [9.17, 15) is 0 Å². The van der Waals surface area contributed by atoms with Gasteiger partial charge >= 0.3 is 8.60 Å². The summed E-state index contributed by atoms with van der Waals surface area (Å²) in [6.45, 7) is 14.3. The molecule has 182 valence electrons. The van der Waals surface area contributed by atoms with Gasteiger partial charge in [-0.2, -0.15) is 0 Å². The zero-order valence-electron chi connectivity index (χ0n) is 20.4. The fourth-order valence-corrected chi connectivity index (χ4v) is 6.53. The topological polar surface area (TPSA) is 67.4 Å². The first-order valence-corrected chi connectivity index (χ1v) is 13.3. The lowest BCUT2D eigenvalue weighted by atomic mass is 9.98. The molecule has 3 fully saturated rings. The summed E-state index contributed by atoms with van der Waals surface area (Å²) in [6, 6.07) is 0.356. The van der Waals surface area contributed by atoms with Gasteiger partial charge in [0.25, 0.3) is 0 Å². The van der Waals surface area contributed by atoms with E-state index in [2.05, 4.69) is 46.9 Å². The van der Waals surface area contributed by atoms with Crippen molar-refractivity contribution in [2.24, 2.45) is 11.8 Å². The molecule has 0 aromatic heterocycles. The van der Waals surface area contributed by atoms with Crippen LogP contribution in [0.4, 0.5) is 0 Å². The highest BCUT2D eigenvalue weighted by atomic mass is 31.2. The van der Waals surface area contributed by atoms with Crippen LogP contribution in [-0.2, 0) is 27.8 Å². The molecule has 3 unspecified atom stereocenters. The molecule has 0 bridgehead atoms. The van der Waals surface area contributed by atoms with Crippen molar-refractivity contribution in [3.05, 3.63) is 0 Å². The van der Waals surface area contributed by atoms with Crippen LogP contribution in [0.3, 0.4) is 0 Å². The Morgan fingerprint density at radius 2 is 1.68 bits per heavy atom. The second-order valence-electron chi connectivity index (χ2n) is 9.43. The molecule has 7 nitrogen and oxygen atoms in total. The summed E-state index contributed by atoms with van der Waals surface area (Å²) in [5.74, 6) is 0.618. The Kier molecular flexibility index (Phi) is 10.00. The Morgan fingerprint density at radius 1 is 1.00 bits per heavy atom. The van der Waals surface area contributed by atoms with Gasteiger partial charge in [0.05, 0.1) is 43.2 Å². The summed E-state index contributed by atoms with van der Waals surface area (Å²) in [5, 5.41) is 3.57. The molecule has 0 aliphatic carbocycles. The molecular weight excluding hydrogens is 417 g/mol. The normalized spacial score (nSPS) is 42.9. The Balaban J connectivity index is 1.67. The van der Waals surface area contributed by atoms with Crippen molar-refractivity contribution in [3.8, 4) is 0 Å². The van der Waals surface area contributed by atoms with Gasteiger partial charge < -0.3 is 33.1 Å². The third kappa shape index (κ3) is 6.19. The van der Waals surface area contributed by atoms with Crippen LogP contribution in [0.2, 0.25) is 0 Å². The second-order valence-corrected chi connectivity index (χ2v) is 10.6. The lowest BCUT2D eigenvalue weighted by Crippen LogP contribution is -2.37. The first kappa shape index (κ1) is 25.8. The highest BCUT2D eigenvalue weighted by Gasteiger charge is 2.44. The summed E-state index contributed by atoms with van der Waals surface area (Å²) >= 11 is 0. The van der Waals surface area contributed by atoms with E-state index in [0.717, 1.165) is 25.8 Å². The minimum absolute atomic E-state index is 0.0162. The molecule has 0 amide bonds. The molecule has 1 N–H and O–H groups in total. The second kappa shape index (κ2) is 12.0. The molecule has 31 heavy (non-hydrogen) atoms. The van der Waals surface area contributed by atoms with Crippen LogP contribution in [0.15, 0.2) is 0 Å². The number of hydrogen-bond acceptors (Lipinski definition) is 7. The number of nitrogens with one attached hydrogen (secondary N) is 1. The standard InChI is InChI=1S/C23H44NO6P/c1-8-19(18-11-10-12-24-18)29-31(30-23-15(4)17(6)27-20(23)9-2)26-13-21-22(25-7)14(3)16(5)28-21/h14-24H,8-13H2,1-7H3/t14-,15-,16+,17+,18?,19-,20-,21-,22?,23?,31+/m1/s1. The van der Waals surface area contributed by atoms with E-state index < -0.39 is 8.60 Å². The average molecular weight is 462 g/mol. The fraction of sp³-hybridized carbons (Fsp3) is 1.00. The third-order valence-corrected chi connectivity index (χ3v) is 8.64. The fourth-order valence-electron chi connectivity index (χ4n) is 5.05. The van der Waals surface area contributed by atoms with Crippen LogP contribution in [0, 0.1) is 11.8 Å². The van der Waals surface area contributed by atoms with Crippen LogP contribution < -0.4 is 5.32 Å². The molecule has 0 aromatic rings. The smallest absolute Gasteiger partial charge is 0.333 e. The zero-order chi connectivity index (χ0) is 22.5. The van der Waals surface area contributed by atoms with Crippen molar-refractivity contribution in [3.63, 3.8) is 0 Å². The molecule has 8 heteroatoms.